The summed E-state index contributed by atoms with van der Waals surface area (Å²) in [4.78, 5) is 65.3. The van der Waals surface area contributed by atoms with Gasteiger partial charge in [0.2, 0.25) is 5.91 Å². The van der Waals surface area contributed by atoms with Crippen molar-refractivity contribution in [3.63, 3.8) is 0 Å². The van der Waals surface area contributed by atoms with Crippen molar-refractivity contribution < 1.29 is 55.3 Å². The van der Waals surface area contributed by atoms with Gasteiger partial charge in [-0.05, 0) is 74.2 Å². The average Bonchev–Trinajstić information content (AvgIpc) is 3.60. The molecule has 1 fully saturated rings. The third-order valence-corrected chi connectivity index (χ3v) is 9.78. The number of carbonyl (C=O) groups is 4. The topological polar surface area (TPSA) is 274 Å². The standard InChI is InChI=1S/C31H29N5O13S2/c37-27(34-16-2-1-3-17-34)18(4-14-23-25(30(40)41)32-35(28(23)38)19-6-10-21(11-7-19)50(44,45)46)5-15-24-26(31(42)43)33-36(29(24)39)20-8-12-22(13-9-20)51(47,48)49/h4,6-15,18,32H,1-3,5,16-17H2,(H,40,41)(H,42,43)(H,44,45,46)(H,47,48,49)/b14-4+,24-15+. The molecule has 1 unspecified atom stereocenters. The molecule has 0 aliphatic carbocycles. The highest BCUT2D eigenvalue weighted by molar-refractivity contribution is 7.86. The van der Waals surface area contributed by atoms with E-state index in [0.29, 0.717) is 30.9 Å². The molecule has 18 nitrogen and oxygen atoms in total. The van der Waals surface area contributed by atoms with E-state index in [4.69, 9.17) is 0 Å². The van der Waals surface area contributed by atoms with Crippen LogP contribution in [-0.4, -0.2) is 93.4 Å². The minimum atomic E-state index is -4.55. The summed E-state index contributed by atoms with van der Waals surface area (Å²) in [5.74, 6) is -5.59. The lowest BCUT2D eigenvalue weighted by atomic mass is 9.97. The number of carboxylic acid groups (broad SMARTS) is 2. The molecule has 2 aliphatic heterocycles. The van der Waals surface area contributed by atoms with Gasteiger partial charge in [0, 0.05) is 13.1 Å². The first kappa shape index (κ1) is 36.6. The van der Waals surface area contributed by atoms with E-state index in [1.165, 1.54) is 12.2 Å². The van der Waals surface area contributed by atoms with Crippen molar-refractivity contribution in [2.45, 2.75) is 35.5 Å². The number of anilines is 1. The van der Waals surface area contributed by atoms with Gasteiger partial charge in [0.05, 0.1) is 38.2 Å². The number of carbonyl (C=O) groups excluding carboxylic acids is 2. The molecule has 1 saturated heterocycles. The summed E-state index contributed by atoms with van der Waals surface area (Å²) in [6, 6.07) is 8.55. The van der Waals surface area contributed by atoms with Crippen LogP contribution in [0.15, 0.2) is 85.9 Å². The van der Waals surface area contributed by atoms with Gasteiger partial charge in [0.1, 0.15) is 0 Å². The molecule has 1 aromatic heterocycles. The number of hydrogen-bond acceptors (Lipinski definition) is 10. The number of allylic oxidation sites excluding steroid dienone is 1. The molecule has 3 aromatic rings. The van der Waals surface area contributed by atoms with Crippen LogP contribution < -0.4 is 10.6 Å². The lowest BCUT2D eigenvalue weighted by Crippen LogP contribution is -2.39. The summed E-state index contributed by atoms with van der Waals surface area (Å²) >= 11 is 0. The van der Waals surface area contributed by atoms with Crippen molar-refractivity contribution in [1.29, 1.82) is 0 Å². The summed E-state index contributed by atoms with van der Waals surface area (Å²) in [5.41, 5.74) is -2.89. The molecule has 0 saturated carbocycles. The maximum atomic E-state index is 13.7. The predicted octanol–water partition coefficient (Wildman–Crippen LogP) is 1.80. The smallest absolute Gasteiger partial charge is 0.357 e. The van der Waals surface area contributed by atoms with E-state index in [1.54, 1.807) is 4.90 Å². The van der Waals surface area contributed by atoms with Gasteiger partial charge >= 0.3 is 11.9 Å². The Labute approximate surface area is 289 Å². The summed E-state index contributed by atoms with van der Waals surface area (Å²) < 4.78 is 65.0. The number of benzene rings is 2. The minimum absolute atomic E-state index is 0.0204. The average molecular weight is 744 g/mol. The van der Waals surface area contributed by atoms with Crippen molar-refractivity contribution >= 4 is 61.5 Å². The monoisotopic (exact) mass is 743 g/mol. The highest BCUT2D eigenvalue weighted by Crippen LogP contribution is 2.27. The van der Waals surface area contributed by atoms with Crippen LogP contribution in [0, 0.1) is 5.92 Å². The van der Waals surface area contributed by atoms with Crippen molar-refractivity contribution in [3.8, 4) is 5.69 Å². The molecule has 2 aromatic carbocycles. The van der Waals surface area contributed by atoms with Gasteiger partial charge < -0.3 is 15.1 Å². The van der Waals surface area contributed by atoms with E-state index < -0.39 is 82.2 Å². The van der Waals surface area contributed by atoms with Gasteiger partial charge in [-0.2, -0.15) is 26.9 Å². The lowest BCUT2D eigenvalue weighted by Gasteiger charge is -2.29. The number of aliphatic carboxylic acids is 1. The molecule has 268 valence electrons. The van der Waals surface area contributed by atoms with Crippen LogP contribution in [0.25, 0.3) is 11.8 Å². The van der Waals surface area contributed by atoms with Gasteiger partial charge in [-0.3, -0.25) is 28.6 Å². The summed E-state index contributed by atoms with van der Waals surface area (Å²) in [5, 5.41) is 26.7. The second kappa shape index (κ2) is 14.3. The molecular formula is C31H29N5O13S2. The fourth-order valence-corrected chi connectivity index (χ4v) is 6.44. The molecule has 20 heteroatoms. The zero-order valence-corrected chi connectivity index (χ0v) is 27.9. The molecule has 0 radical (unpaired) electrons. The van der Waals surface area contributed by atoms with E-state index in [0.717, 1.165) is 65.7 Å². The van der Waals surface area contributed by atoms with E-state index in [1.807, 2.05) is 0 Å². The number of amides is 2. The number of aromatic carboxylic acids is 1. The normalized spacial score (nSPS) is 16.9. The number of aromatic amines is 1. The molecule has 2 aliphatic rings. The highest BCUT2D eigenvalue weighted by atomic mass is 32.2. The number of hydrogen-bond donors (Lipinski definition) is 5. The van der Waals surface area contributed by atoms with Crippen LogP contribution in [0.2, 0.25) is 0 Å². The fraction of sp³-hybridized carbons (Fsp3) is 0.226. The number of likely N-dealkylation sites (tertiary alicyclic amines) is 1. The Bertz CT molecular complexity index is 2280. The Morgan fingerprint density at radius 1 is 0.824 bits per heavy atom. The number of piperidine rings is 1. The Hall–Kier alpha value is -5.70. The van der Waals surface area contributed by atoms with Crippen LogP contribution in [0.5, 0.6) is 0 Å². The molecule has 1 atom stereocenters. The van der Waals surface area contributed by atoms with Crippen LogP contribution in [0.4, 0.5) is 5.69 Å². The van der Waals surface area contributed by atoms with Crippen molar-refractivity contribution in [1.82, 2.24) is 14.7 Å². The summed E-state index contributed by atoms with van der Waals surface area (Å²) in [6.07, 6.45) is 5.59. The largest absolute Gasteiger partial charge is 0.477 e. The molecular weight excluding hydrogens is 714 g/mol. The number of rotatable bonds is 11. The van der Waals surface area contributed by atoms with Crippen LogP contribution in [-0.2, 0) is 34.6 Å². The summed E-state index contributed by atoms with van der Waals surface area (Å²) in [6.45, 7) is 0.815. The van der Waals surface area contributed by atoms with Gasteiger partial charge in [-0.25, -0.2) is 14.3 Å². The van der Waals surface area contributed by atoms with Crippen molar-refractivity contribution in [2.24, 2.45) is 11.0 Å². The van der Waals surface area contributed by atoms with Gasteiger partial charge in [0.15, 0.2) is 11.4 Å². The maximum Gasteiger partial charge on any atom is 0.357 e. The van der Waals surface area contributed by atoms with Crippen LogP contribution >= 0.6 is 0 Å². The molecule has 5 N–H and O–H groups in total. The van der Waals surface area contributed by atoms with Gasteiger partial charge in [0.25, 0.3) is 31.7 Å². The van der Waals surface area contributed by atoms with Crippen LogP contribution in [0.3, 0.4) is 0 Å². The maximum absolute atomic E-state index is 13.7. The van der Waals surface area contributed by atoms with E-state index in [9.17, 15) is 60.1 Å². The quantitative estimate of drug-likeness (QED) is 0.139. The van der Waals surface area contributed by atoms with Gasteiger partial charge in [-0.15, -0.1) is 0 Å². The zero-order chi connectivity index (χ0) is 37.2. The molecule has 5 rings (SSSR count). The van der Waals surface area contributed by atoms with Gasteiger partial charge in [-0.1, -0.05) is 18.2 Å². The number of nitrogens with one attached hydrogen (secondary N) is 1. The third-order valence-electron chi connectivity index (χ3n) is 8.05. The van der Waals surface area contributed by atoms with E-state index in [-0.39, 0.29) is 23.4 Å². The number of aromatic nitrogens is 2. The Kier molecular flexibility index (Phi) is 10.2. The van der Waals surface area contributed by atoms with E-state index >= 15 is 0 Å². The molecule has 3 heterocycles. The first-order valence-electron chi connectivity index (χ1n) is 15.0. The zero-order valence-electron chi connectivity index (χ0n) is 26.2. The fourth-order valence-electron chi connectivity index (χ4n) is 5.48. The number of hydrazone groups is 1. The molecule has 51 heavy (non-hydrogen) atoms. The first-order valence-corrected chi connectivity index (χ1v) is 17.9. The number of H-pyrrole nitrogens is 1. The van der Waals surface area contributed by atoms with Crippen LogP contribution in [0.1, 0.15) is 41.7 Å². The highest BCUT2D eigenvalue weighted by Gasteiger charge is 2.36. The first-order chi connectivity index (χ1) is 24.0. The lowest BCUT2D eigenvalue weighted by molar-refractivity contribution is -0.134. The molecule has 0 spiro atoms. The number of carboxylic acids is 2. The Morgan fingerprint density at radius 2 is 1.37 bits per heavy atom. The second-order valence-corrected chi connectivity index (χ2v) is 14.2. The van der Waals surface area contributed by atoms with Crippen molar-refractivity contribution in [2.75, 3.05) is 18.1 Å². The molecule has 2 amide bonds. The predicted molar refractivity (Wildman–Crippen MR) is 178 cm³/mol. The minimum Gasteiger partial charge on any atom is -0.477 e. The summed E-state index contributed by atoms with van der Waals surface area (Å²) in [7, 11) is -9.10. The SMILES string of the molecule is O=C(O)C1=NN(c2ccc(S(=O)(=O)O)cc2)C(=O)/C1=C/CC(/C=C/c1c(C(=O)O)[nH]n(-c2ccc(S(=O)(=O)O)cc2)c1=O)C(=O)N1CCCCC1. The Morgan fingerprint density at radius 3 is 1.88 bits per heavy atom. The Balaban J connectivity index is 1.50. The second-order valence-electron chi connectivity index (χ2n) is 11.4. The van der Waals surface area contributed by atoms with Crippen molar-refractivity contribution in [3.05, 3.63) is 87.9 Å². The van der Waals surface area contributed by atoms with E-state index in [2.05, 4.69) is 10.2 Å². The third kappa shape index (κ3) is 7.88. The molecule has 0 bridgehead atoms. The number of nitrogens with zero attached hydrogens (tertiary/aromatic N) is 4.